The van der Waals surface area contributed by atoms with Crippen molar-refractivity contribution in [2.45, 2.75) is 26.3 Å². The van der Waals surface area contributed by atoms with Crippen LogP contribution in [0, 0.1) is 0 Å². The molecule has 2 rings (SSSR count). The van der Waals surface area contributed by atoms with Gasteiger partial charge in [-0.1, -0.05) is 41.9 Å². The van der Waals surface area contributed by atoms with Crippen molar-refractivity contribution in [3.63, 3.8) is 0 Å². The molecule has 0 radical (unpaired) electrons. The molecule has 0 saturated carbocycles. The molecule has 0 bridgehead atoms. The topological polar surface area (TPSA) is 49.8 Å². The van der Waals surface area contributed by atoms with Crippen molar-refractivity contribution in [2.75, 3.05) is 17.7 Å². The van der Waals surface area contributed by atoms with E-state index in [2.05, 4.69) is 62.5 Å². The van der Waals surface area contributed by atoms with Crippen LogP contribution >= 0.6 is 15.9 Å². The van der Waals surface area contributed by atoms with Gasteiger partial charge in [-0.15, -0.1) is 0 Å². The molecule has 0 aliphatic rings. The van der Waals surface area contributed by atoms with E-state index in [0.29, 0.717) is 5.92 Å². The molecule has 0 saturated heterocycles. The first-order valence-corrected chi connectivity index (χ1v) is 7.42. The summed E-state index contributed by atoms with van der Waals surface area (Å²) < 4.78 is 1.09. The third kappa shape index (κ3) is 3.48. The molecule has 0 spiro atoms. The van der Waals surface area contributed by atoms with Crippen molar-refractivity contribution in [3.05, 3.63) is 46.2 Å². The zero-order valence-corrected chi connectivity index (χ0v) is 13.5. The van der Waals surface area contributed by atoms with Gasteiger partial charge >= 0.3 is 0 Å². The average Bonchev–Trinajstić information content (AvgIpc) is 2.46. The molecule has 5 heteroatoms. The SMILES string of the molecule is CNc1ncnc(NCc2ccc(Br)cc2)c1C(C)C. The Bertz CT molecular complexity index is 567. The summed E-state index contributed by atoms with van der Waals surface area (Å²) in [7, 11) is 1.88. The molecule has 1 aromatic heterocycles. The Morgan fingerprint density at radius 3 is 2.35 bits per heavy atom. The van der Waals surface area contributed by atoms with Crippen LogP contribution in [0.25, 0.3) is 0 Å². The largest absolute Gasteiger partial charge is 0.373 e. The Labute approximate surface area is 128 Å². The van der Waals surface area contributed by atoms with Crippen LogP contribution in [0.15, 0.2) is 35.1 Å². The number of halogens is 1. The number of nitrogens with zero attached hydrogens (tertiary/aromatic N) is 2. The summed E-state index contributed by atoms with van der Waals surface area (Å²) in [6.07, 6.45) is 1.58. The van der Waals surface area contributed by atoms with Gasteiger partial charge < -0.3 is 10.6 Å². The zero-order chi connectivity index (χ0) is 14.5. The Morgan fingerprint density at radius 1 is 1.10 bits per heavy atom. The van der Waals surface area contributed by atoms with Crippen LogP contribution in [0.3, 0.4) is 0 Å². The third-order valence-corrected chi connectivity index (χ3v) is 3.60. The molecule has 20 heavy (non-hydrogen) atoms. The van der Waals surface area contributed by atoms with Crippen LogP contribution < -0.4 is 10.6 Å². The molecule has 4 nitrogen and oxygen atoms in total. The Balaban J connectivity index is 2.18. The maximum absolute atomic E-state index is 4.37. The molecule has 1 aromatic carbocycles. The van der Waals surface area contributed by atoms with E-state index in [0.717, 1.165) is 28.2 Å². The summed E-state index contributed by atoms with van der Waals surface area (Å²) in [6.45, 7) is 5.03. The highest BCUT2D eigenvalue weighted by molar-refractivity contribution is 9.10. The minimum absolute atomic E-state index is 0.353. The molecule has 0 fully saturated rings. The van der Waals surface area contributed by atoms with Crippen molar-refractivity contribution in [3.8, 4) is 0 Å². The highest BCUT2D eigenvalue weighted by Crippen LogP contribution is 2.28. The fourth-order valence-corrected chi connectivity index (χ4v) is 2.33. The number of hydrogen-bond donors (Lipinski definition) is 2. The molecule has 0 unspecified atom stereocenters. The van der Waals surface area contributed by atoms with Gasteiger partial charge in [0.2, 0.25) is 0 Å². The second-order valence-corrected chi connectivity index (χ2v) is 5.78. The number of aromatic nitrogens is 2. The van der Waals surface area contributed by atoms with E-state index >= 15 is 0 Å². The lowest BCUT2D eigenvalue weighted by molar-refractivity contribution is 0.846. The maximum Gasteiger partial charge on any atom is 0.135 e. The Hall–Kier alpha value is -1.62. The lowest BCUT2D eigenvalue weighted by Crippen LogP contribution is -2.09. The van der Waals surface area contributed by atoms with Crippen molar-refractivity contribution in [1.82, 2.24) is 9.97 Å². The summed E-state index contributed by atoms with van der Waals surface area (Å²) in [5.41, 5.74) is 2.33. The van der Waals surface area contributed by atoms with Crippen molar-refractivity contribution in [1.29, 1.82) is 0 Å². The van der Waals surface area contributed by atoms with Crippen LogP contribution in [-0.2, 0) is 6.54 Å². The predicted octanol–water partition coefficient (Wildman–Crippen LogP) is 4.02. The summed E-state index contributed by atoms with van der Waals surface area (Å²) in [6, 6.07) is 8.26. The highest BCUT2D eigenvalue weighted by atomic mass is 79.9. The van der Waals surface area contributed by atoms with Gasteiger partial charge in [0.1, 0.15) is 18.0 Å². The number of anilines is 2. The first kappa shape index (κ1) is 14.8. The number of rotatable bonds is 5. The molecule has 0 aliphatic carbocycles. The fourth-order valence-electron chi connectivity index (χ4n) is 2.07. The van der Waals surface area contributed by atoms with Crippen LogP contribution in [0.5, 0.6) is 0 Å². The molecular formula is C15H19BrN4. The molecule has 2 N–H and O–H groups in total. The van der Waals surface area contributed by atoms with Gasteiger partial charge in [-0.05, 0) is 23.6 Å². The van der Waals surface area contributed by atoms with Crippen molar-refractivity contribution >= 4 is 27.6 Å². The average molecular weight is 335 g/mol. The standard InChI is InChI=1S/C15H19BrN4/c1-10(2)13-14(17-3)19-9-20-15(13)18-8-11-4-6-12(16)7-5-11/h4-7,9-10H,8H2,1-3H3,(H2,17,18,19,20). The normalized spacial score (nSPS) is 10.7. The van der Waals surface area contributed by atoms with E-state index in [-0.39, 0.29) is 0 Å². The van der Waals surface area contributed by atoms with Crippen LogP contribution in [-0.4, -0.2) is 17.0 Å². The van der Waals surface area contributed by atoms with Gasteiger partial charge in [0.15, 0.2) is 0 Å². The van der Waals surface area contributed by atoms with E-state index in [1.165, 1.54) is 5.56 Å². The van der Waals surface area contributed by atoms with Gasteiger partial charge in [0.05, 0.1) is 0 Å². The van der Waals surface area contributed by atoms with Crippen molar-refractivity contribution in [2.24, 2.45) is 0 Å². The van der Waals surface area contributed by atoms with Gasteiger partial charge in [-0.25, -0.2) is 9.97 Å². The summed E-state index contributed by atoms with van der Waals surface area (Å²) in [4.78, 5) is 8.65. The van der Waals surface area contributed by atoms with Gasteiger partial charge in [-0.2, -0.15) is 0 Å². The quantitative estimate of drug-likeness (QED) is 0.867. The number of hydrogen-bond acceptors (Lipinski definition) is 4. The first-order valence-electron chi connectivity index (χ1n) is 6.62. The Kier molecular flexibility index (Phi) is 4.95. The summed E-state index contributed by atoms with van der Waals surface area (Å²) in [5, 5.41) is 6.52. The lowest BCUT2D eigenvalue weighted by atomic mass is 10.0. The minimum Gasteiger partial charge on any atom is -0.373 e. The predicted molar refractivity (Wildman–Crippen MR) is 87.1 cm³/mol. The van der Waals surface area contributed by atoms with Crippen LogP contribution in [0.4, 0.5) is 11.6 Å². The van der Waals surface area contributed by atoms with Gasteiger partial charge in [0, 0.05) is 23.6 Å². The molecule has 0 amide bonds. The van der Waals surface area contributed by atoms with Crippen LogP contribution in [0.2, 0.25) is 0 Å². The molecule has 2 aromatic rings. The highest BCUT2D eigenvalue weighted by Gasteiger charge is 2.13. The molecular weight excluding hydrogens is 316 g/mol. The fraction of sp³-hybridized carbons (Fsp3) is 0.333. The summed E-state index contributed by atoms with van der Waals surface area (Å²) >= 11 is 3.44. The lowest BCUT2D eigenvalue weighted by Gasteiger charge is -2.16. The second kappa shape index (κ2) is 6.70. The monoisotopic (exact) mass is 334 g/mol. The van der Waals surface area contributed by atoms with Gasteiger partial charge in [0.25, 0.3) is 0 Å². The molecule has 1 heterocycles. The third-order valence-electron chi connectivity index (χ3n) is 3.07. The molecule has 0 aliphatic heterocycles. The first-order chi connectivity index (χ1) is 9.61. The number of nitrogens with one attached hydrogen (secondary N) is 2. The minimum atomic E-state index is 0.353. The van der Waals surface area contributed by atoms with E-state index in [1.807, 2.05) is 19.2 Å². The van der Waals surface area contributed by atoms with Crippen LogP contribution in [0.1, 0.15) is 30.9 Å². The maximum atomic E-state index is 4.37. The second-order valence-electron chi connectivity index (χ2n) is 4.87. The van der Waals surface area contributed by atoms with E-state index < -0.39 is 0 Å². The van der Waals surface area contributed by atoms with E-state index in [1.54, 1.807) is 6.33 Å². The number of benzene rings is 1. The Morgan fingerprint density at radius 2 is 1.75 bits per heavy atom. The van der Waals surface area contributed by atoms with Crippen molar-refractivity contribution < 1.29 is 0 Å². The van der Waals surface area contributed by atoms with Gasteiger partial charge in [-0.3, -0.25) is 0 Å². The smallest absolute Gasteiger partial charge is 0.135 e. The van der Waals surface area contributed by atoms with E-state index in [4.69, 9.17) is 0 Å². The zero-order valence-electron chi connectivity index (χ0n) is 11.9. The molecule has 0 atom stereocenters. The van der Waals surface area contributed by atoms with E-state index in [9.17, 15) is 0 Å². The summed E-state index contributed by atoms with van der Waals surface area (Å²) in [5.74, 6) is 2.13. The molecule has 106 valence electrons.